The fourth-order valence-corrected chi connectivity index (χ4v) is 1.72. The van der Waals surface area contributed by atoms with Crippen LogP contribution in [0.25, 0.3) is 0 Å². The van der Waals surface area contributed by atoms with Gasteiger partial charge in [-0.05, 0) is 30.0 Å². The third-order valence-electron chi connectivity index (χ3n) is 2.35. The van der Waals surface area contributed by atoms with Crippen molar-refractivity contribution >= 4 is 0 Å². The third kappa shape index (κ3) is 0.940. The number of phenols is 2. The van der Waals surface area contributed by atoms with Crippen LogP contribution in [0.15, 0.2) is 12.1 Å². The van der Waals surface area contributed by atoms with Crippen molar-refractivity contribution in [1.29, 1.82) is 0 Å². The summed E-state index contributed by atoms with van der Waals surface area (Å²) in [7, 11) is 0. The molecule has 0 heterocycles. The van der Waals surface area contributed by atoms with E-state index < -0.39 is 0 Å². The molecule has 0 radical (unpaired) electrons. The Morgan fingerprint density at radius 1 is 1.33 bits per heavy atom. The Kier molecular flexibility index (Phi) is 1.48. The molecule has 4 N–H and O–H groups in total. The van der Waals surface area contributed by atoms with Gasteiger partial charge in [0, 0.05) is 12.1 Å². The molecule has 0 bridgehead atoms. The van der Waals surface area contributed by atoms with Crippen molar-refractivity contribution in [3.05, 3.63) is 23.3 Å². The zero-order chi connectivity index (χ0) is 8.72. The molecule has 3 heteroatoms. The van der Waals surface area contributed by atoms with Gasteiger partial charge < -0.3 is 15.9 Å². The molecule has 1 atom stereocenters. The van der Waals surface area contributed by atoms with E-state index >= 15 is 0 Å². The summed E-state index contributed by atoms with van der Waals surface area (Å²) in [4.78, 5) is 0. The summed E-state index contributed by atoms with van der Waals surface area (Å²) in [5, 5.41) is 18.6. The van der Waals surface area contributed by atoms with E-state index in [0.29, 0.717) is 0 Å². The van der Waals surface area contributed by atoms with Crippen LogP contribution in [-0.2, 0) is 6.42 Å². The van der Waals surface area contributed by atoms with Crippen LogP contribution in [0.5, 0.6) is 11.5 Å². The Balaban J connectivity index is 2.60. The quantitative estimate of drug-likeness (QED) is 0.538. The summed E-state index contributed by atoms with van der Waals surface area (Å²) in [5.41, 5.74) is 7.53. The Bertz CT molecular complexity index is 323. The Morgan fingerprint density at radius 2 is 2.08 bits per heavy atom. The molecule has 0 aromatic heterocycles. The fourth-order valence-electron chi connectivity index (χ4n) is 1.72. The van der Waals surface area contributed by atoms with Crippen LogP contribution in [0.3, 0.4) is 0 Å². The highest BCUT2D eigenvalue weighted by atomic mass is 16.3. The highest BCUT2D eigenvalue weighted by molar-refractivity contribution is 5.48. The maximum absolute atomic E-state index is 9.41. The molecule has 0 fully saturated rings. The summed E-state index contributed by atoms with van der Waals surface area (Å²) in [6, 6.07) is 2.96. The lowest BCUT2D eigenvalue weighted by Crippen LogP contribution is -2.04. The first-order valence-electron chi connectivity index (χ1n) is 3.99. The molecule has 1 aliphatic carbocycles. The van der Waals surface area contributed by atoms with Gasteiger partial charge in [-0.15, -0.1) is 0 Å². The van der Waals surface area contributed by atoms with Crippen molar-refractivity contribution < 1.29 is 10.2 Å². The first-order chi connectivity index (χ1) is 5.68. The molecule has 1 aromatic rings. The van der Waals surface area contributed by atoms with E-state index in [1.54, 1.807) is 6.07 Å². The van der Waals surface area contributed by atoms with Gasteiger partial charge in [0.15, 0.2) is 0 Å². The summed E-state index contributed by atoms with van der Waals surface area (Å²) in [6.07, 6.45) is 1.66. The second-order valence-corrected chi connectivity index (χ2v) is 3.18. The van der Waals surface area contributed by atoms with Crippen LogP contribution >= 0.6 is 0 Å². The number of phenolic OH excluding ortho intramolecular Hbond substituents is 2. The lowest BCUT2D eigenvalue weighted by atomic mass is 10.1. The summed E-state index contributed by atoms with van der Waals surface area (Å²) >= 11 is 0. The fraction of sp³-hybridized carbons (Fsp3) is 0.333. The number of hydrogen-bond acceptors (Lipinski definition) is 3. The molecule has 1 aromatic carbocycles. The summed E-state index contributed by atoms with van der Waals surface area (Å²) in [6.45, 7) is 0. The van der Waals surface area contributed by atoms with E-state index in [-0.39, 0.29) is 17.5 Å². The predicted octanol–water partition coefficient (Wildman–Crippen LogP) is 1.04. The molecule has 0 unspecified atom stereocenters. The van der Waals surface area contributed by atoms with Crippen molar-refractivity contribution in [2.45, 2.75) is 18.9 Å². The first-order valence-corrected chi connectivity index (χ1v) is 3.99. The van der Waals surface area contributed by atoms with E-state index in [4.69, 9.17) is 5.73 Å². The number of nitrogens with two attached hydrogens (primary N) is 1. The molecular weight excluding hydrogens is 154 g/mol. The largest absolute Gasteiger partial charge is 0.508 e. The van der Waals surface area contributed by atoms with Crippen LogP contribution in [0.2, 0.25) is 0 Å². The highest BCUT2D eigenvalue weighted by Crippen LogP contribution is 2.37. The van der Waals surface area contributed by atoms with Crippen molar-refractivity contribution in [3.8, 4) is 11.5 Å². The molecule has 3 nitrogen and oxygen atoms in total. The minimum atomic E-state index is -0.0296. The van der Waals surface area contributed by atoms with Crippen LogP contribution < -0.4 is 5.73 Å². The SMILES string of the molecule is N[C@@H]1CCc2c(O)cc(O)cc21. The minimum absolute atomic E-state index is 0.0296. The molecule has 64 valence electrons. The Morgan fingerprint density at radius 3 is 2.83 bits per heavy atom. The molecule has 1 aliphatic rings. The van der Waals surface area contributed by atoms with Crippen LogP contribution in [0.1, 0.15) is 23.6 Å². The van der Waals surface area contributed by atoms with Gasteiger partial charge in [-0.25, -0.2) is 0 Å². The van der Waals surface area contributed by atoms with Gasteiger partial charge in [0.25, 0.3) is 0 Å². The number of fused-ring (bicyclic) bond motifs is 1. The van der Waals surface area contributed by atoms with Crippen molar-refractivity contribution in [1.82, 2.24) is 0 Å². The molecule has 0 saturated carbocycles. The van der Waals surface area contributed by atoms with Crippen LogP contribution in [-0.4, -0.2) is 10.2 Å². The number of hydrogen-bond donors (Lipinski definition) is 3. The van der Waals surface area contributed by atoms with Gasteiger partial charge in [0.05, 0.1) is 0 Å². The van der Waals surface area contributed by atoms with Gasteiger partial charge in [-0.2, -0.15) is 0 Å². The van der Waals surface area contributed by atoms with Crippen LogP contribution in [0, 0.1) is 0 Å². The molecule has 0 saturated heterocycles. The molecule has 12 heavy (non-hydrogen) atoms. The minimum Gasteiger partial charge on any atom is -0.508 e. The predicted molar refractivity (Wildman–Crippen MR) is 45.0 cm³/mol. The number of rotatable bonds is 0. The second kappa shape index (κ2) is 2.38. The van der Waals surface area contributed by atoms with Crippen molar-refractivity contribution in [2.75, 3.05) is 0 Å². The van der Waals surface area contributed by atoms with Crippen molar-refractivity contribution in [2.24, 2.45) is 5.73 Å². The Labute approximate surface area is 70.4 Å². The maximum atomic E-state index is 9.41. The molecule has 2 rings (SSSR count). The zero-order valence-corrected chi connectivity index (χ0v) is 6.62. The second-order valence-electron chi connectivity index (χ2n) is 3.18. The normalized spacial score (nSPS) is 20.9. The van der Waals surface area contributed by atoms with E-state index in [9.17, 15) is 10.2 Å². The van der Waals surface area contributed by atoms with Gasteiger partial charge in [0.1, 0.15) is 11.5 Å². The zero-order valence-electron chi connectivity index (χ0n) is 6.62. The maximum Gasteiger partial charge on any atom is 0.122 e. The van der Waals surface area contributed by atoms with Gasteiger partial charge in [-0.1, -0.05) is 0 Å². The summed E-state index contributed by atoms with van der Waals surface area (Å²) in [5.74, 6) is 0.251. The van der Waals surface area contributed by atoms with Crippen LogP contribution in [0.4, 0.5) is 0 Å². The van der Waals surface area contributed by atoms with E-state index in [1.807, 2.05) is 0 Å². The van der Waals surface area contributed by atoms with Crippen molar-refractivity contribution in [3.63, 3.8) is 0 Å². The van der Waals surface area contributed by atoms with E-state index in [0.717, 1.165) is 24.0 Å². The standard InChI is InChI=1S/C9H11NO2/c10-8-2-1-6-7(8)3-5(11)4-9(6)12/h3-4,8,11-12H,1-2,10H2/t8-/m1/s1. The van der Waals surface area contributed by atoms with E-state index in [2.05, 4.69) is 0 Å². The van der Waals surface area contributed by atoms with E-state index in [1.165, 1.54) is 6.07 Å². The number of benzene rings is 1. The number of aromatic hydroxyl groups is 2. The molecule has 0 spiro atoms. The smallest absolute Gasteiger partial charge is 0.122 e. The molecule has 0 aliphatic heterocycles. The highest BCUT2D eigenvalue weighted by Gasteiger charge is 2.22. The molecule has 0 amide bonds. The van der Waals surface area contributed by atoms with Gasteiger partial charge >= 0.3 is 0 Å². The topological polar surface area (TPSA) is 66.5 Å². The third-order valence-corrected chi connectivity index (χ3v) is 2.35. The average molecular weight is 165 g/mol. The first kappa shape index (κ1) is 7.43. The van der Waals surface area contributed by atoms with Gasteiger partial charge in [-0.3, -0.25) is 0 Å². The van der Waals surface area contributed by atoms with Gasteiger partial charge in [0.2, 0.25) is 0 Å². The average Bonchev–Trinajstić information content (AvgIpc) is 2.33. The lowest BCUT2D eigenvalue weighted by Gasteiger charge is -2.06. The summed E-state index contributed by atoms with van der Waals surface area (Å²) < 4.78 is 0. The molecular formula is C9H11NO2. The monoisotopic (exact) mass is 165 g/mol. The lowest BCUT2D eigenvalue weighted by molar-refractivity contribution is 0.446. The Hall–Kier alpha value is -1.22.